The Morgan fingerprint density at radius 2 is 1.90 bits per heavy atom. The molecule has 106 valence electrons. The van der Waals surface area contributed by atoms with Crippen LogP contribution < -0.4 is 5.73 Å². The number of hydrogen-bond donors (Lipinski definition) is 1. The number of nitrogens with zero attached hydrogens (tertiary/aromatic N) is 4. The molecular weight excluding hydrogens is 250 g/mol. The van der Waals surface area contributed by atoms with Crippen molar-refractivity contribution in [2.45, 2.75) is 45.4 Å². The maximum atomic E-state index is 5.99. The quantitative estimate of drug-likeness (QED) is 0.911. The number of nitrogens with two attached hydrogens (primary N) is 1. The number of rotatable bonds is 2. The summed E-state index contributed by atoms with van der Waals surface area (Å²) >= 11 is 0. The second kappa shape index (κ2) is 4.89. The van der Waals surface area contributed by atoms with E-state index in [1.54, 1.807) is 0 Å². The minimum Gasteiger partial charge on any atom is -0.384 e. The van der Waals surface area contributed by atoms with Crippen LogP contribution in [0.25, 0.3) is 11.4 Å². The van der Waals surface area contributed by atoms with Gasteiger partial charge < -0.3 is 5.73 Å². The van der Waals surface area contributed by atoms with Crippen molar-refractivity contribution in [3.63, 3.8) is 0 Å². The van der Waals surface area contributed by atoms with Crippen LogP contribution in [-0.2, 0) is 7.05 Å². The summed E-state index contributed by atoms with van der Waals surface area (Å²) in [4.78, 5) is 9.20. The van der Waals surface area contributed by atoms with E-state index in [0.717, 1.165) is 28.5 Å². The van der Waals surface area contributed by atoms with Crippen LogP contribution in [-0.4, -0.2) is 19.7 Å². The molecule has 5 nitrogen and oxygen atoms in total. The molecule has 2 heterocycles. The highest BCUT2D eigenvalue weighted by Crippen LogP contribution is 2.35. The minimum atomic E-state index is 0.538. The Morgan fingerprint density at radius 3 is 2.50 bits per heavy atom. The molecule has 20 heavy (non-hydrogen) atoms. The molecule has 0 aliphatic heterocycles. The molecule has 5 heteroatoms. The number of aromatic nitrogens is 4. The van der Waals surface area contributed by atoms with E-state index < -0.39 is 0 Å². The van der Waals surface area contributed by atoms with Crippen LogP contribution in [0.1, 0.15) is 48.7 Å². The molecule has 0 radical (unpaired) electrons. The summed E-state index contributed by atoms with van der Waals surface area (Å²) in [5.41, 5.74) is 10.1. The Morgan fingerprint density at radius 1 is 1.20 bits per heavy atom. The summed E-state index contributed by atoms with van der Waals surface area (Å²) in [5, 5.41) is 4.44. The van der Waals surface area contributed by atoms with Crippen LogP contribution in [0.15, 0.2) is 6.07 Å². The van der Waals surface area contributed by atoms with Crippen LogP contribution in [0.2, 0.25) is 0 Å². The van der Waals surface area contributed by atoms with Gasteiger partial charge in [-0.1, -0.05) is 12.8 Å². The van der Waals surface area contributed by atoms with Crippen molar-refractivity contribution in [3.8, 4) is 11.4 Å². The van der Waals surface area contributed by atoms with Crippen molar-refractivity contribution in [1.29, 1.82) is 0 Å². The first kappa shape index (κ1) is 13.1. The molecule has 0 atom stereocenters. The van der Waals surface area contributed by atoms with Gasteiger partial charge in [0.1, 0.15) is 5.82 Å². The van der Waals surface area contributed by atoms with Crippen LogP contribution in [0.4, 0.5) is 5.82 Å². The summed E-state index contributed by atoms with van der Waals surface area (Å²) in [6, 6.07) is 1.93. The smallest absolute Gasteiger partial charge is 0.165 e. The van der Waals surface area contributed by atoms with Gasteiger partial charge in [0, 0.05) is 30.4 Å². The van der Waals surface area contributed by atoms with E-state index >= 15 is 0 Å². The summed E-state index contributed by atoms with van der Waals surface area (Å²) in [7, 11) is 1.94. The van der Waals surface area contributed by atoms with Crippen LogP contribution in [0.3, 0.4) is 0 Å². The minimum absolute atomic E-state index is 0.538. The first-order valence-electron chi connectivity index (χ1n) is 7.21. The average Bonchev–Trinajstić information content (AvgIpc) is 2.99. The molecule has 0 bridgehead atoms. The van der Waals surface area contributed by atoms with Crippen molar-refractivity contribution >= 4 is 5.82 Å². The van der Waals surface area contributed by atoms with Crippen molar-refractivity contribution in [1.82, 2.24) is 19.7 Å². The molecule has 0 unspecified atom stereocenters. The highest BCUT2D eigenvalue weighted by Gasteiger charge is 2.21. The predicted molar refractivity (Wildman–Crippen MR) is 79.3 cm³/mol. The van der Waals surface area contributed by atoms with Gasteiger partial charge in [-0.25, -0.2) is 9.97 Å². The van der Waals surface area contributed by atoms with Crippen molar-refractivity contribution < 1.29 is 0 Å². The number of anilines is 1. The fourth-order valence-corrected chi connectivity index (χ4v) is 3.13. The predicted octanol–water partition coefficient (Wildman–Crippen LogP) is 2.73. The summed E-state index contributed by atoms with van der Waals surface area (Å²) in [6.07, 6.45) is 4.99. The molecule has 2 aromatic rings. The lowest BCUT2D eigenvalue weighted by atomic mass is 10.0. The Balaban J connectivity index is 2.09. The maximum Gasteiger partial charge on any atom is 0.165 e. The third-order valence-electron chi connectivity index (χ3n) is 4.27. The monoisotopic (exact) mass is 271 g/mol. The van der Waals surface area contributed by atoms with Gasteiger partial charge in [-0.05, 0) is 26.7 Å². The largest absolute Gasteiger partial charge is 0.384 e. The van der Waals surface area contributed by atoms with Crippen LogP contribution in [0, 0.1) is 13.8 Å². The zero-order valence-electron chi connectivity index (χ0n) is 12.3. The second-order valence-electron chi connectivity index (χ2n) is 5.69. The van der Waals surface area contributed by atoms with E-state index in [-0.39, 0.29) is 0 Å². The molecule has 1 aliphatic rings. The first-order chi connectivity index (χ1) is 9.56. The second-order valence-corrected chi connectivity index (χ2v) is 5.69. The SMILES string of the molecule is Cc1nn(C)c(C)c1-c1nc(N)cc(C2CCCC2)n1. The van der Waals surface area contributed by atoms with Crippen LogP contribution >= 0.6 is 0 Å². The molecule has 0 amide bonds. The van der Waals surface area contributed by atoms with E-state index in [1.165, 1.54) is 25.7 Å². The van der Waals surface area contributed by atoms with Crippen LogP contribution in [0.5, 0.6) is 0 Å². The summed E-state index contributed by atoms with van der Waals surface area (Å²) in [6.45, 7) is 4.03. The van der Waals surface area contributed by atoms with Gasteiger partial charge in [0.25, 0.3) is 0 Å². The van der Waals surface area contributed by atoms with E-state index in [4.69, 9.17) is 10.7 Å². The molecule has 0 saturated heterocycles. The molecule has 1 aliphatic carbocycles. The van der Waals surface area contributed by atoms with Gasteiger partial charge in [-0.15, -0.1) is 0 Å². The Bertz CT molecular complexity index is 638. The zero-order chi connectivity index (χ0) is 14.3. The van der Waals surface area contributed by atoms with Gasteiger partial charge in [0.15, 0.2) is 5.82 Å². The normalized spacial score (nSPS) is 15.9. The first-order valence-corrected chi connectivity index (χ1v) is 7.21. The molecule has 3 rings (SSSR count). The molecule has 1 saturated carbocycles. The Hall–Kier alpha value is -1.91. The zero-order valence-corrected chi connectivity index (χ0v) is 12.3. The molecular formula is C15H21N5. The lowest BCUT2D eigenvalue weighted by molar-refractivity contribution is 0.696. The summed E-state index contributed by atoms with van der Waals surface area (Å²) < 4.78 is 1.87. The highest BCUT2D eigenvalue weighted by atomic mass is 15.3. The van der Waals surface area contributed by atoms with Gasteiger partial charge in [0.05, 0.1) is 11.3 Å². The Kier molecular flexibility index (Phi) is 3.20. The molecule has 1 fully saturated rings. The number of nitrogen functional groups attached to an aromatic ring is 1. The fraction of sp³-hybridized carbons (Fsp3) is 0.533. The average molecular weight is 271 g/mol. The van der Waals surface area contributed by atoms with Crippen molar-refractivity contribution in [2.24, 2.45) is 7.05 Å². The highest BCUT2D eigenvalue weighted by molar-refractivity contribution is 5.62. The van der Waals surface area contributed by atoms with Gasteiger partial charge in [0.2, 0.25) is 0 Å². The van der Waals surface area contributed by atoms with Crippen molar-refractivity contribution in [3.05, 3.63) is 23.1 Å². The Labute approximate surface area is 119 Å². The van der Waals surface area contributed by atoms with E-state index in [2.05, 4.69) is 10.1 Å². The lowest BCUT2D eigenvalue weighted by Gasteiger charge is -2.11. The standard InChI is InChI=1S/C15H21N5/c1-9-14(10(2)20(3)19-9)15-17-12(8-13(16)18-15)11-6-4-5-7-11/h8,11H,4-7H2,1-3H3,(H2,16,17,18). The number of aryl methyl sites for hydroxylation is 2. The molecule has 2 aromatic heterocycles. The summed E-state index contributed by atoms with van der Waals surface area (Å²) in [5.74, 6) is 1.81. The molecule has 0 spiro atoms. The lowest BCUT2D eigenvalue weighted by Crippen LogP contribution is -2.04. The molecule has 2 N–H and O–H groups in total. The van der Waals surface area contributed by atoms with E-state index in [1.807, 2.05) is 31.6 Å². The third kappa shape index (κ3) is 2.17. The maximum absolute atomic E-state index is 5.99. The fourth-order valence-electron chi connectivity index (χ4n) is 3.13. The topological polar surface area (TPSA) is 69.6 Å². The van der Waals surface area contributed by atoms with Gasteiger partial charge in [-0.2, -0.15) is 5.10 Å². The number of hydrogen-bond acceptors (Lipinski definition) is 4. The third-order valence-corrected chi connectivity index (χ3v) is 4.27. The van der Waals surface area contributed by atoms with Gasteiger partial charge >= 0.3 is 0 Å². The molecule has 0 aromatic carbocycles. The van der Waals surface area contributed by atoms with E-state index in [9.17, 15) is 0 Å². The van der Waals surface area contributed by atoms with Gasteiger partial charge in [-0.3, -0.25) is 4.68 Å². The van der Waals surface area contributed by atoms with Crippen molar-refractivity contribution in [2.75, 3.05) is 5.73 Å². The van der Waals surface area contributed by atoms with E-state index in [0.29, 0.717) is 11.7 Å².